The van der Waals surface area contributed by atoms with E-state index in [9.17, 15) is 12.8 Å². The Bertz CT molecular complexity index is 448. The van der Waals surface area contributed by atoms with Crippen LogP contribution in [0, 0.1) is 5.82 Å². The van der Waals surface area contributed by atoms with E-state index in [1.807, 2.05) is 0 Å². The van der Waals surface area contributed by atoms with Crippen molar-refractivity contribution >= 4 is 37.6 Å². The van der Waals surface area contributed by atoms with Crippen molar-refractivity contribution in [3.05, 3.63) is 27.4 Å². The molecule has 0 unspecified atom stereocenters. The topological polar surface area (TPSA) is 60.2 Å². The zero-order chi connectivity index (χ0) is 10.2. The summed E-state index contributed by atoms with van der Waals surface area (Å²) in [6, 6.07) is 2.29. The Morgan fingerprint density at radius 3 is 2.46 bits per heavy atom. The van der Waals surface area contributed by atoms with Crippen LogP contribution in [0.2, 0.25) is 5.02 Å². The average Bonchev–Trinajstić information content (AvgIpc) is 1.94. The fourth-order valence-corrected chi connectivity index (χ4v) is 2.41. The maximum Gasteiger partial charge on any atom is 0.241 e. The molecule has 0 heterocycles. The summed E-state index contributed by atoms with van der Waals surface area (Å²) in [6.45, 7) is 0. The van der Waals surface area contributed by atoms with E-state index < -0.39 is 20.7 Å². The third-order valence-electron chi connectivity index (χ3n) is 1.27. The molecule has 3 nitrogen and oxygen atoms in total. The van der Waals surface area contributed by atoms with Crippen LogP contribution in [-0.2, 0) is 10.0 Å². The van der Waals surface area contributed by atoms with Crippen molar-refractivity contribution in [2.45, 2.75) is 4.90 Å². The molecule has 0 radical (unpaired) electrons. The zero-order valence-electron chi connectivity index (χ0n) is 6.09. The zero-order valence-corrected chi connectivity index (χ0v) is 9.25. The van der Waals surface area contributed by atoms with Gasteiger partial charge in [-0.1, -0.05) is 27.5 Å². The van der Waals surface area contributed by atoms with Gasteiger partial charge in [0.2, 0.25) is 10.0 Å². The quantitative estimate of drug-likeness (QED) is 0.802. The van der Waals surface area contributed by atoms with Crippen molar-refractivity contribution in [3.63, 3.8) is 0 Å². The lowest BCUT2D eigenvalue weighted by molar-refractivity contribution is 0.568. The predicted octanol–water partition coefficient (Wildman–Crippen LogP) is 1.89. The number of primary sulfonamides is 1. The fourth-order valence-electron chi connectivity index (χ4n) is 0.739. The molecule has 0 atom stereocenters. The van der Waals surface area contributed by atoms with Crippen LogP contribution in [-0.4, -0.2) is 8.42 Å². The van der Waals surface area contributed by atoms with E-state index in [-0.39, 0.29) is 5.02 Å². The first-order valence-electron chi connectivity index (χ1n) is 2.99. The van der Waals surface area contributed by atoms with Crippen LogP contribution >= 0.6 is 27.5 Å². The minimum Gasteiger partial charge on any atom is -0.225 e. The average molecular weight is 289 g/mol. The molecule has 0 aliphatic rings. The van der Waals surface area contributed by atoms with Crippen molar-refractivity contribution < 1.29 is 12.8 Å². The highest BCUT2D eigenvalue weighted by Crippen LogP contribution is 2.26. The standard InChI is InChI=1S/C6H4BrClFNO2S/c7-3-1-4(8)6(9)5(2-3)13(10,11)12/h1-2H,(H2,10,11,12). The number of sulfonamides is 1. The highest BCUT2D eigenvalue weighted by atomic mass is 79.9. The summed E-state index contributed by atoms with van der Waals surface area (Å²) in [5.41, 5.74) is 0. The molecule has 1 rings (SSSR count). The highest BCUT2D eigenvalue weighted by molar-refractivity contribution is 9.10. The minimum atomic E-state index is -4.07. The van der Waals surface area contributed by atoms with Crippen molar-refractivity contribution in [1.29, 1.82) is 0 Å². The molecule has 1 aromatic carbocycles. The summed E-state index contributed by atoms with van der Waals surface area (Å²) < 4.78 is 35.0. The molecule has 0 aromatic heterocycles. The van der Waals surface area contributed by atoms with Crippen LogP contribution in [0.25, 0.3) is 0 Å². The molecule has 0 spiro atoms. The number of nitrogens with two attached hydrogens (primary N) is 1. The van der Waals surface area contributed by atoms with E-state index in [1.54, 1.807) is 0 Å². The van der Waals surface area contributed by atoms with Gasteiger partial charge in [0, 0.05) is 4.47 Å². The van der Waals surface area contributed by atoms with E-state index in [4.69, 9.17) is 16.7 Å². The summed E-state index contributed by atoms with van der Waals surface area (Å²) in [5.74, 6) is -1.03. The molecule has 7 heteroatoms. The SMILES string of the molecule is NS(=O)(=O)c1cc(Br)cc(Cl)c1F. The summed E-state index contributed by atoms with van der Waals surface area (Å²) >= 11 is 8.37. The monoisotopic (exact) mass is 287 g/mol. The molecule has 0 amide bonds. The highest BCUT2D eigenvalue weighted by Gasteiger charge is 2.17. The van der Waals surface area contributed by atoms with Crippen LogP contribution in [0.4, 0.5) is 4.39 Å². The maximum atomic E-state index is 13.1. The first-order chi connectivity index (χ1) is 5.82. The normalized spacial score (nSPS) is 11.7. The van der Waals surface area contributed by atoms with Gasteiger partial charge in [0.25, 0.3) is 0 Å². The Morgan fingerprint density at radius 2 is 2.00 bits per heavy atom. The second-order valence-corrected chi connectivity index (χ2v) is 5.10. The Labute approximate surface area is 87.9 Å². The third-order valence-corrected chi connectivity index (χ3v) is 2.91. The molecule has 0 saturated carbocycles. The van der Waals surface area contributed by atoms with Crippen LogP contribution in [0.1, 0.15) is 0 Å². The third kappa shape index (κ3) is 2.40. The van der Waals surface area contributed by atoms with Gasteiger partial charge in [-0.05, 0) is 12.1 Å². The van der Waals surface area contributed by atoms with Gasteiger partial charge in [-0.25, -0.2) is 17.9 Å². The molecule has 0 bridgehead atoms. The summed E-state index contributed by atoms with van der Waals surface area (Å²) in [5, 5.41) is 4.45. The Hall–Kier alpha value is -0.170. The first-order valence-corrected chi connectivity index (χ1v) is 5.71. The van der Waals surface area contributed by atoms with Gasteiger partial charge in [-0.2, -0.15) is 0 Å². The van der Waals surface area contributed by atoms with Gasteiger partial charge >= 0.3 is 0 Å². The molecular formula is C6H4BrClFNO2S. The molecule has 2 N–H and O–H groups in total. The molecule has 0 saturated heterocycles. The summed E-state index contributed by atoms with van der Waals surface area (Å²) in [7, 11) is -4.07. The van der Waals surface area contributed by atoms with E-state index in [1.165, 1.54) is 6.07 Å². The lowest BCUT2D eigenvalue weighted by atomic mass is 10.3. The number of benzene rings is 1. The first kappa shape index (κ1) is 10.9. The van der Waals surface area contributed by atoms with Gasteiger partial charge < -0.3 is 0 Å². The number of halogens is 3. The number of hydrogen-bond acceptors (Lipinski definition) is 2. The van der Waals surface area contributed by atoms with Crippen molar-refractivity contribution in [2.75, 3.05) is 0 Å². The second kappa shape index (κ2) is 3.53. The maximum absolute atomic E-state index is 13.1. The van der Waals surface area contributed by atoms with Crippen LogP contribution in [0.3, 0.4) is 0 Å². The lowest BCUT2D eigenvalue weighted by Crippen LogP contribution is -2.14. The fraction of sp³-hybridized carbons (Fsp3) is 0. The minimum absolute atomic E-state index is 0.293. The van der Waals surface area contributed by atoms with Crippen molar-refractivity contribution in [2.24, 2.45) is 5.14 Å². The predicted molar refractivity (Wildman–Crippen MR) is 50.5 cm³/mol. The Kier molecular flexibility index (Phi) is 2.96. The molecule has 0 aliphatic carbocycles. The van der Waals surface area contributed by atoms with Gasteiger partial charge in [0.05, 0.1) is 5.02 Å². The number of hydrogen-bond donors (Lipinski definition) is 1. The van der Waals surface area contributed by atoms with Crippen molar-refractivity contribution in [3.8, 4) is 0 Å². The molecule has 0 fully saturated rings. The van der Waals surface area contributed by atoms with Crippen molar-refractivity contribution in [1.82, 2.24) is 0 Å². The summed E-state index contributed by atoms with van der Waals surface area (Å²) in [4.78, 5) is -0.619. The lowest BCUT2D eigenvalue weighted by Gasteiger charge is -2.02. The van der Waals surface area contributed by atoms with Gasteiger partial charge in [0.15, 0.2) is 5.82 Å². The Morgan fingerprint density at radius 1 is 1.46 bits per heavy atom. The van der Waals surface area contributed by atoms with Gasteiger partial charge in [-0.15, -0.1) is 0 Å². The van der Waals surface area contributed by atoms with Gasteiger partial charge in [-0.3, -0.25) is 0 Å². The van der Waals surface area contributed by atoms with Crippen LogP contribution in [0.15, 0.2) is 21.5 Å². The smallest absolute Gasteiger partial charge is 0.225 e. The van der Waals surface area contributed by atoms with Crippen LogP contribution < -0.4 is 5.14 Å². The molecule has 1 aromatic rings. The van der Waals surface area contributed by atoms with E-state index >= 15 is 0 Å². The molecule has 0 aliphatic heterocycles. The molecule has 72 valence electrons. The van der Waals surface area contributed by atoms with Gasteiger partial charge in [0.1, 0.15) is 4.90 Å². The van der Waals surface area contributed by atoms with E-state index in [0.29, 0.717) is 4.47 Å². The van der Waals surface area contributed by atoms with E-state index in [2.05, 4.69) is 15.9 Å². The van der Waals surface area contributed by atoms with E-state index in [0.717, 1.165) is 6.07 Å². The van der Waals surface area contributed by atoms with Crippen LogP contribution in [0.5, 0.6) is 0 Å². The largest absolute Gasteiger partial charge is 0.241 e. The molecule has 13 heavy (non-hydrogen) atoms. The second-order valence-electron chi connectivity index (χ2n) is 2.24. The summed E-state index contributed by atoms with van der Waals surface area (Å²) in [6.07, 6.45) is 0. The Balaban J connectivity index is 3.56. The number of rotatable bonds is 1. The molecular weight excluding hydrogens is 284 g/mol.